The summed E-state index contributed by atoms with van der Waals surface area (Å²) in [5, 5.41) is 3.31. The Balaban J connectivity index is 0.00000240. The lowest BCUT2D eigenvalue weighted by Crippen LogP contribution is -2.52. The van der Waals surface area contributed by atoms with Crippen LogP contribution < -0.4 is 5.32 Å². The number of likely N-dealkylation sites (N-methyl/N-ethyl adjacent to an activating group) is 1. The number of halogens is 1. The van der Waals surface area contributed by atoms with Gasteiger partial charge in [-0.15, -0.1) is 12.4 Å². The molecule has 1 spiro atoms. The molecule has 0 bridgehead atoms. The molecule has 3 fully saturated rings. The molecule has 9 heteroatoms. The third kappa shape index (κ3) is 3.71. The Bertz CT molecular complexity index is 769. The van der Waals surface area contributed by atoms with Crippen LogP contribution in [0.4, 0.5) is 4.79 Å². The first-order chi connectivity index (χ1) is 13.5. The molecule has 0 aromatic carbocycles. The van der Waals surface area contributed by atoms with Gasteiger partial charge in [-0.1, -0.05) is 25.3 Å². The van der Waals surface area contributed by atoms with E-state index in [1.165, 1.54) is 0 Å². The molecule has 158 valence electrons. The molecule has 1 unspecified atom stereocenters. The van der Waals surface area contributed by atoms with Crippen molar-refractivity contribution in [2.75, 3.05) is 33.2 Å². The number of nitrogens with zero attached hydrogens (tertiary/aromatic N) is 4. The van der Waals surface area contributed by atoms with Gasteiger partial charge in [0.05, 0.1) is 6.04 Å². The minimum atomic E-state index is -0.748. The van der Waals surface area contributed by atoms with Crippen molar-refractivity contribution in [1.82, 2.24) is 25.0 Å². The summed E-state index contributed by atoms with van der Waals surface area (Å²) < 4.78 is 0. The van der Waals surface area contributed by atoms with Crippen LogP contribution in [0.5, 0.6) is 0 Å². The smallest absolute Gasteiger partial charge is 0.327 e. The van der Waals surface area contributed by atoms with Crippen molar-refractivity contribution in [3.63, 3.8) is 0 Å². The predicted molar refractivity (Wildman–Crippen MR) is 109 cm³/mol. The van der Waals surface area contributed by atoms with Crippen LogP contribution in [0, 0.1) is 0 Å². The molecule has 2 saturated heterocycles. The normalized spacial score (nSPS) is 24.0. The van der Waals surface area contributed by atoms with E-state index in [1.807, 2.05) is 12.1 Å². The molecular weight excluding hydrogens is 394 g/mol. The summed E-state index contributed by atoms with van der Waals surface area (Å²) in [5.74, 6) is -0.403. The minimum absolute atomic E-state index is 0. The third-order valence-electron chi connectivity index (χ3n) is 6.41. The summed E-state index contributed by atoms with van der Waals surface area (Å²) in [4.78, 5) is 47.7. The monoisotopic (exact) mass is 421 g/mol. The van der Waals surface area contributed by atoms with Crippen molar-refractivity contribution in [2.24, 2.45) is 0 Å². The first-order valence-corrected chi connectivity index (χ1v) is 10.0. The number of rotatable bonds is 3. The Labute approximate surface area is 177 Å². The lowest BCUT2D eigenvalue weighted by molar-refractivity contribution is -0.142. The van der Waals surface area contributed by atoms with Crippen LogP contribution in [0.3, 0.4) is 0 Å². The van der Waals surface area contributed by atoms with E-state index in [2.05, 4.69) is 10.3 Å². The van der Waals surface area contributed by atoms with Crippen LogP contribution in [0.25, 0.3) is 0 Å². The van der Waals surface area contributed by atoms with Gasteiger partial charge in [0.25, 0.3) is 5.91 Å². The average Bonchev–Trinajstić information content (AvgIpc) is 2.91. The number of carbonyl (C=O) groups is 3. The number of nitrogens with one attached hydrogen (secondary N) is 1. The summed E-state index contributed by atoms with van der Waals surface area (Å²) in [6.07, 6.45) is 7.79. The number of pyridine rings is 1. The van der Waals surface area contributed by atoms with Crippen molar-refractivity contribution in [2.45, 2.75) is 43.7 Å². The summed E-state index contributed by atoms with van der Waals surface area (Å²) in [6.45, 7) is 1.66. The van der Waals surface area contributed by atoms with Gasteiger partial charge in [-0.2, -0.15) is 0 Å². The average molecular weight is 422 g/mol. The number of aromatic nitrogens is 1. The highest BCUT2D eigenvalue weighted by atomic mass is 35.5. The number of urea groups is 1. The fourth-order valence-corrected chi connectivity index (χ4v) is 4.77. The lowest BCUT2D eigenvalue weighted by atomic mass is 9.81. The zero-order chi connectivity index (χ0) is 19.7. The van der Waals surface area contributed by atoms with Gasteiger partial charge >= 0.3 is 6.03 Å². The van der Waals surface area contributed by atoms with Gasteiger partial charge in [0, 0.05) is 39.1 Å². The van der Waals surface area contributed by atoms with Crippen molar-refractivity contribution in [3.8, 4) is 0 Å². The molecule has 8 nitrogen and oxygen atoms in total. The van der Waals surface area contributed by atoms with Gasteiger partial charge < -0.3 is 15.1 Å². The second kappa shape index (κ2) is 8.67. The van der Waals surface area contributed by atoms with Crippen molar-refractivity contribution in [1.29, 1.82) is 0 Å². The first-order valence-electron chi connectivity index (χ1n) is 10.0. The Morgan fingerprint density at radius 3 is 2.72 bits per heavy atom. The van der Waals surface area contributed by atoms with Crippen molar-refractivity contribution in [3.05, 3.63) is 30.1 Å². The topological polar surface area (TPSA) is 85.8 Å². The third-order valence-corrected chi connectivity index (χ3v) is 6.41. The minimum Gasteiger partial charge on any atom is -0.331 e. The number of hydrogen-bond acceptors (Lipinski definition) is 5. The van der Waals surface area contributed by atoms with Crippen LogP contribution in [-0.2, 0) is 9.59 Å². The number of amides is 4. The van der Waals surface area contributed by atoms with Crippen LogP contribution in [0.1, 0.15) is 43.7 Å². The van der Waals surface area contributed by atoms with E-state index in [0.717, 1.165) is 29.7 Å². The Kier molecular flexibility index (Phi) is 6.43. The SMILES string of the molecule is CN1C(=O)N(CC(=O)N2CCNCC2c2cccnc2)C(=O)C12CCCCC2.Cl. The fraction of sp³-hybridized carbons (Fsp3) is 0.600. The molecule has 0 radical (unpaired) electrons. The highest BCUT2D eigenvalue weighted by Gasteiger charge is 2.56. The van der Waals surface area contributed by atoms with Crippen LogP contribution in [-0.4, -0.2) is 76.3 Å². The molecule has 3 aliphatic rings. The van der Waals surface area contributed by atoms with Crippen molar-refractivity contribution >= 4 is 30.3 Å². The zero-order valence-electron chi connectivity index (χ0n) is 16.7. The molecule has 1 aromatic rings. The summed E-state index contributed by atoms with van der Waals surface area (Å²) in [6, 6.07) is 3.29. The summed E-state index contributed by atoms with van der Waals surface area (Å²) >= 11 is 0. The van der Waals surface area contributed by atoms with Crippen LogP contribution >= 0.6 is 12.4 Å². The molecule has 4 rings (SSSR count). The maximum atomic E-state index is 13.1. The van der Waals surface area contributed by atoms with E-state index in [0.29, 0.717) is 32.5 Å². The largest absolute Gasteiger partial charge is 0.331 e. The van der Waals surface area contributed by atoms with E-state index in [4.69, 9.17) is 0 Å². The first kappa shape index (κ1) is 21.5. The highest BCUT2D eigenvalue weighted by molar-refractivity contribution is 6.09. The number of imide groups is 1. The fourth-order valence-electron chi connectivity index (χ4n) is 4.77. The molecule has 29 heavy (non-hydrogen) atoms. The molecule has 1 aromatic heterocycles. The van der Waals surface area contributed by atoms with E-state index in [-0.39, 0.29) is 42.8 Å². The van der Waals surface area contributed by atoms with E-state index in [9.17, 15) is 14.4 Å². The Morgan fingerprint density at radius 1 is 1.28 bits per heavy atom. The van der Waals surface area contributed by atoms with E-state index in [1.54, 1.807) is 29.2 Å². The van der Waals surface area contributed by atoms with E-state index >= 15 is 0 Å². The molecule has 4 amide bonds. The second-order valence-corrected chi connectivity index (χ2v) is 7.92. The summed E-state index contributed by atoms with van der Waals surface area (Å²) in [7, 11) is 1.69. The van der Waals surface area contributed by atoms with Gasteiger partial charge in [0.2, 0.25) is 5.91 Å². The lowest BCUT2D eigenvalue weighted by Gasteiger charge is -2.37. The number of carbonyl (C=O) groups excluding carboxylic acids is 3. The van der Waals surface area contributed by atoms with Gasteiger partial charge in [-0.05, 0) is 24.5 Å². The molecule has 1 atom stereocenters. The van der Waals surface area contributed by atoms with E-state index < -0.39 is 5.54 Å². The molecular formula is C20H28ClN5O3. The van der Waals surface area contributed by atoms with Gasteiger partial charge in [0.15, 0.2) is 0 Å². The Hall–Kier alpha value is -2.19. The quantitative estimate of drug-likeness (QED) is 0.749. The van der Waals surface area contributed by atoms with Gasteiger partial charge in [-0.25, -0.2) is 4.79 Å². The molecule has 1 saturated carbocycles. The van der Waals surface area contributed by atoms with Gasteiger partial charge in [-0.3, -0.25) is 19.5 Å². The maximum absolute atomic E-state index is 13.1. The summed E-state index contributed by atoms with van der Waals surface area (Å²) in [5.41, 5.74) is 0.199. The molecule has 1 N–H and O–H groups in total. The molecule has 3 heterocycles. The van der Waals surface area contributed by atoms with Gasteiger partial charge in [0.1, 0.15) is 12.1 Å². The highest BCUT2D eigenvalue weighted by Crippen LogP contribution is 2.39. The number of hydrogen-bond donors (Lipinski definition) is 1. The van der Waals surface area contributed by atoms with Crippen LogP contribution in [0.2, 0.25) is 0 Å². The maximum Gasteiger partial charge on any atom is 0.327 e. The standard InChI is InChI=1S/C20H27N5O3.ClH/c1-23-19(28)25(18(27)20(23)7-3-2-4-8-20)14-17(26)24-11-10-22-13-16(24)15-6-5-9-21-12-15;/h5-6,9,12,16,22H,2-4,7-8,10-11,13-14H2,1H3;1H. The van der Waals surface area contributed by atoms with Crippen molar-refractivity contribution < 1.29 is 14.4 Å². The molecule has 1 aliphatic carbocycles. The number of piperazine rings is 1. The second-order valence-electron chi connectivity index (χ2n) is 7.92. The zero-order valence-corrected chi connectivity index (χ0v) is 17.5. The predicted octanol–water partition coefficient (Wildman–Crippen LogP) is 1.57. The Morgan fingerprint density at radius 2 is 2.03 bits per heavy atom. The van der Waals surface area contributed by atoms with Crippen LogP contribution in [0.15, 0.2) is 24.5 Å². The molecule has 2 aliphatic heterocycles.